The fourth-order valence-corrected chi connectivity index (χ4v) is 4.97. The summed E-state index contributed by atoms with van der Waals surface area (Å²) >= 11 is 0. The van der Waals surface area contributed by atoms with E-state index in [0.717, 1.165) is 0 Å². The molecule has 0 spiro atoms. The SMILES string of the molecule is c1ccc(C2=C(c3ccccc3-c3ccc(-c4ccccc4C4=C(c5ccccc5)N4)cc3)N2)cc1. The number of hydrogen-bond acceptors (Lipinski definition) is 2. The molecule has 0 fully saturated rings. The summed E-state index contributed by atoms with van der Waals surface area (Å²) in [7, 11) is 0. The normalized spacial score (nSPS) is 13.8. The van der Waals surface area contributed by atoms with Gasteiger partial charge in [-0.15, -0.1) is 0 Å². The van der Waals surface area contributed by atoms with Crippen molar-refractivity contribution in [1.29, 1.82) is 0 Å². The Balaban J connectivity index is 1.22. The fraction of sp³-hybridized carbons (Fsp3) is 0. The van der Waals surface area contributed by atoms with Gasteiger partial charge in [0.15, 0.2) is 0 Å². The van der Waals surface area contributed by atoms with Crippen molar-refractivity contribution >= 4 is 22.8 Å². The molecule has 0 saturated carbocycles. The van der Waals surface area contributed by atoms with Crippen LogP contribution < -0.4 is 10.6 Å². The molecule has 2 nitrogen and oxygen atoms in total. The van der Waals surface area contributed by atoms with Gasteiger partial charge in [0.05, 0.1) is 22.8 Å². The number of nitrogens with one attached hydrogen (secondary N) is 2. The summed E-state index contributed by atoms with van der Waals surface area (Å²) in [5.41, 5.74) is 14.7. The van der Waals surface area contributed by atoms with Crippen LogP contribution in [0.2, 0.25) is 0 Å². The van der Waals surface area contributed by atoms with Crippen molar-refractivity contribution in [1.82, 2.24) is 10.6 Å². The van der Waals surface area contributed by atoms with E-state index < -0.39 is 0 Å². The first kappa shape index (κ1) is 20.5. The molecule has 0 bridgehead atoms. The molecule has 2 aliphatic rings. The van der Waals surface area contributed by atoms with Crippen molar-refractivity contribution in [2.75, 3.05) is 0 Å². The number of rotatable bonds is 6. The maximum Gasteiger partial charge on any atom is 0.0710 e. The largest absolute Gasteiger partial charge is 0.351 e. The van der Waals surface area contributed by atoms with E-state index in [2.05, 4.69) is 144 Å². The summed E-state index contributed by atoms with van der Waals surface area (Å²) in [6.45, 7) is 0. The van der Waals surface area contributed by atoms with Crippen LogP contribution in [0, 0.1) is 0 Å². The Kier molecular flexibility index (Phi) is 4.82. The van der Waals surface area contributed by atoms with Crippen LogP contribution in [-0.4, -0.2) is 0 Å². The van der Waals surface area contributed by atoms with Crippen molar-refractivity contribution in [2.24, 2.45) is 0 Å². The highest BCUT2D eigenvalue weighted by Crippen LogP contribution is 2.41. The zero-order chi connectivity index (χ0) is 23.9. The highest BCUT2D eigenvalue weighted by molar-refractivity contribution is 6.08. The minimum absolute atomic E-state index is 1.21. The molecule has 36 heavy (non-hydrogen) atoms. The van der Waals surface area contributed by atoms with E-state index in [0.29, 0.717) is 0 Å². The minimum Gasteiger partial charge on any atom is -0.351 e. The monoisotopic (exact) mass is 460 g/mol. The summed E-state index contributed by atoms with van der Waals surface area (Å²) in [6, 6.07) is 47.3. The molecule has 7 rings (SSSR count). The van der Waals surface area contributed by atoms with Crippen LogP contribution in [-0.2, 0) is 0 Å². The second kappa shape index (κ2) is 8.44. The molecule has 2 heteroatoms. The van der Waals surface area contributed by atoms with Crippen LogP contribution in [0.25, 0.3) is 45.0 Å². The second-order valence-electron chi connectivity index (χ2n) is 9.15. The van der Waals surface area contributed by atoms with Gasteiger partial charge < -0.3 is 10.6 Å². The third-order valence-corrected chi connectivity index (χ3v) is 6.90. The van der Waals surface area contributed by atoms with Crippen molar-refractivity contribution in [3.8, 4) is 22.3 Å². The van der Waals surface area contributed by atoms with Crippen molar-refractivity contribution in [2.45, 2.75) is 0 Å². The lowest BCUT2D eigenvalue weighted by atomic mass is 9.94. The topological polar surface area (TPSA) is 43.9 Å². The highest BCUT2D eigenvalue weighted by atomic mass is 15.1. The molecule has 170 valence electrons. The third-order valence-electron chi connectivity index (χ3n) is 6.90. The first-order valence-electron chi connectivity index (χ1n) is 12.3. The molecule has 0 aliphatic carbocycles. The average molecular weight is 461 g/mol. The zero-order valence-electron chi connectivity index (χ0n) is 19.7. The Morgan fingerprint density at radius 1 is 0.250 bits per heavy atom. The van der Waals surface area contributed by atoms with Gasteiger partial charge in [-0.1, -0.05) is 133 Å². The molecular formula is C34H24N2. The van der Waals surface area contributed by atoms with E-state index in [-0.39, 0.29) is 0 Å². The van der Waals surface area contributed by atoms with Crippen LogP contribution in [0.5, 0.6) is 0 Å². The second-order valence-corrected chi connectivity index (χ2v) is 9.15. The van der Waals surface area contributed by atoms with E-state index in [1.165, 1.54) is 67.3 Å². The van der Waals surface area contributed by atoms with Gasteiger partial charge in [0.25, 0.3) is 0 Å². The fourth-order valence-electron chi connectivity index (χ4n) is 4.97. The summed E-state index contributed by atoms with van der Waals surface area (Å²) < 4.78 is 0. The predicted molar refractivity (Wildman–Crippen MR) is 150 cm³/mol. The molecule has 2 heterocycles. The molecule has 2 N–H and O–H groups in total. The van der Waals surface area contributed by atoms with E-state index in [4.69, 9.17) is 0 Å². The van der Waals surface area contributed by atoms with Crippen LogP contribution in [0.4, 0.5) is 0 Å². The maximum absolute atomic E-state index is 3.51. The summed E-state index contributed by atoms with van der Waals surface area (Å²) in [5.74, 6) is 0. The van der Waals surface area contributed by atoms with Crippen LogP contribution in [0.15, 0.2) is 133 Å². The predicted octanol–water partition coefficient (Wildman–Crippen LogP) is 7.88. The van der Waals surface area contributed by atoms with Crippen molar-refractivity contribution in [3.63, 3.8) is 0 Å². The van der Waals surface area contributed by atoms with Gasteiger partial charge in [-0.25, -0.2) is 0 Å². The van der Waals surface area contributed by atoms with Crippen molar-refractivity contribution in [3.05, 3.63) is 156 Å². The lowest BCUT2D eigenvalue weighted by Crippen LogP contribution is -1.90. The van der Waals surface area contributed by atoms with E-state index in [1.807, 2.05) is 0 Å². The summed E-state index contributed by atoms with van der Waals surface area (Å²) in [5, 5.41) is 7.03. The number of hydrogen-bond donors (Lipinski definition) is 2. The Bertz CT molecular complexity index is 1520. The van der Waals surface area contributed by atoms with E-state index in [9.17, 15) is 0 Å². The molecule has 0 unspecified atom stereocenters. The van der Waals surface area contributed by atoms with Gasteiger partial charge in [0.1, 0.15) is 0 Å². The van der Waals surface area contributed by atoms with Gasteiger partial charge in [-0.2, -0.15) is 0 Å². The molecule has 5 aromatic rings. The molecule has 2 aliphatic heterocycles. The summed E-state index contributed by atoms with van der Waals surface area (Å²) in [4.78, 5) is 0. The van der Waals surface area contributed by atoms with Gasteiger partial charge in [-0.05, 0) is 22.3 Å². The Morgan fingerprint density at radius 2 is 0.583 bits per heavy atom. The zero-order valence-corrected chi connectivity index (χ0v) is 19.7. The Morgan fingerprint density at radius 3 is 0.972 bits per heavy atom. The average Bonchev–Trinajstić information content (AvgIpc) is 3.89. The summed E-state index contributed by atoms with van der Waals surface area (Å²) in [6.07, 6.45) is 0. The van der Waals surface area contributed by atoms with Crippen LogP contribution in [0.3, 0.4) is 0 Å². The van der Waals surface area contributed by atoms with Gasteiger partial charge in [0, 0.05) is 22.3 Å². The van der Waals surface area contributed by atoms with Gasteiger partial charge >= 0.3 is 0 Å². The molecule has 0 amide bonds. The Hall–Kier alpha value is -4.82. The third kappa shape index (κ3) is 3.70. The van der Waals surface area contributed by atoms with Gasteiger partial charge in [-0.3, -0.25) is 0 Å². The first-order valence-corrected chi connectivity index (χ1v) is 12.3. The Labute approximate surface area is 211 Å². The highest BCUT2D eigenvalue weighted by Gasteiger charge is 2.27. The minimum atomic E-state index is 1.21. The molecule has 0 radical (unpaired) electrons. The maximum atomic E-state index is 3.51. The molecule has 0 aromatic heterocycles. The first-order chi connectivity index (χ1) is 17.9. The van der Waals surface area contributed by atoms with Crippen molar-refractivity contribution < 1.29 is 0 Å². The van der Waals surface area contributed by atoms with Crippen LogP contribution >= 0.6 is 0 Å². The molecular weight excluding hydrogens is 436 g/mol. The standard InChI is InChI=1S/C34H24N2/c1-3-11-25(12-4-1)31-33(35-31)29-17-9-7-15-27(29)23-19-21-24(22-20-23)28-16-8-10-18-30(28)34-32(36-34)26-13-5-2-6-14-26/h1-22,35-36H. The lowest BCUT2D eigenvalue weighted by Gasteiger charge is -2.10. The smallest absolute Gasteiger partial charge is 0.0710 e. The van der Waals surface area contributed by atoms with E-state index >= 15 is 0 Å². The molecule has 5 aromatic carbocycles. The van der Waals surface area contributed by atoms with Crippen LogP contribution in [0.1, 0.15) is 22.3 Å². The lowest BCUT2D eigenvalue weighted by molar-refractivity contribution is 1.42. The molecule has 0 saturated heterocycles. The quantitative estimate of drug-likeness (QED) is 0.271. The van der Waals surface area contributed by atoms with E-state index in [1.54, 1.807) is 0 Å². The number of benzene rings is 5. The molecule has 0 atom stereocenters. The van der Waals surface area contributed by atoms with Gasteiger partial charge in [0.2, 0.25) is 0 Å².